The summed E-state index contributed by atoms with van der Waals surface area (Å²) >= 11 is 0. The number of hydrogen-bond donors (Lipinski definition) is 0. The molecule has 0 N–H and O–H groups in total. The van der Waals surface area contributed by atoms with Crippen molar-refractivity contribution in [3.05, 3.63) is 24.0 Å². The van der Waals surface area contributed by atoms with E-state index in [4.69, 9.17) is 0 Å². The molecular formula is C13H20N2O. The summed E-state index contributed by atoms with van der Waals surface area (Å²) in [6.45, 7) is 7.82. The Labute approximate surface area is 97.1 Å². The van der Waals surface area contributed by atoms with E-state index in [9.17, 15) is 4.79 Å². The fraction of sp³-hybridized carbons (Fsp3) is 0.615. The third-order valence-electron chi connectivity index (χ3n) is 3.49. The highest BCUT2D eigenvalue weighted by molar-refractivity contribution is 5.72. The van der Waals surface area contributed by atoms with E-state index in [1.54, 1.807) is 0 Å². The first-order valence-corrected chi connectivity index (χ1v) is 6.05. The zero-order valence-electron chi connectivity index (χ0n) is 10.1. The zero-order chi connectivity index (χ0) is 11.5. The number of carbonyl (C=O) groups excluding carboxylic acids is 1. The van der Waals surface area contributed by atoms with Crippen molar-refractivity contribution >= 4 is 6.29 Å². The van der Waals surface area contributed by atoms with Crippen molar-refractivity contribution in [2.75, 3.05) is 13.1 Å². The van der Waals surface area contributed by atoms with E-state index in [2.05, 4.69) is 23.3 Å². The first-order valence-electron chi connectivity index (χ1n) is 6.05. The van der Waals surface area contributed by atoms with Gasteiger partial charge in [-0.25, -0.2) is 0 Å². The minimum absolute atomic E-state index is 0.639. The number of rotatable bonds is 4. The van der Waals surface area contributed by atoms with Crippen molar-refractivity contribution in [2.45, 2.75) is 32.9 Å². The highest BCUT2D eigenvalue weighted by Gasteiger charge is 2.24. The second-order valence-corrected chi connectivity index (χ2v) is 4.95. The van der Waals surface area contributed by atoms with Crippen LogP contribution in [0.5, 0.6) is 0 Å². The smallest absolute Gasteiger partial charge is 0.166 e. The molecule has 88 valence electrons. The maximum Gasteiger partial charge on any atom is 0.166 e. The molecule has 1 aliphatic rings. The largest absolute Gasteiger partial charge is 0.345 e. The summed E-state index contributed by atoms with van der Waals surface area (Å²) in [5.41, 5.74) is 0.794. The van der Waals surface area contributed by atoms with Gasteiger partial charge in [0.05, 0.1) is 5.69 Å². The molecule has 1 saturated heterocycles. The Kier molecular flexibility index (Phi) is 3.44. The van der Waals surface area contributed by atoms with Gasteiger partial charge in [0.2, 0.25) is 0 Å². The summed E-state index contributed by atoms with van der Waals surface area (Å²) in [6, 6.07) is 4.46. The number of aldehydes is 1. The van der Waals surface area contributed by atoms with E-state index in [0.29, 0.717) is 12.0 Å². The maximum atomic E-state index is 10.8. The Morgan fingerprint density at radius 1 is 1.56 bits per heavy atom. The molecule has 2 heterocycles. The lowest BCUT2D eigenvalue weighted by Crippen LogP contribution is -2.28. The molecule has 0 bridgehead atoms. The van der Waals surface area contributed by atoms with E-state index >= 15 is 0 Å². The van der Waals surface area contributed by atoms with Crippen LogP contribution in [0, 0.1) is 5.92 Å². The molecule has 0 spiro atoms. The van der Waals surface area contributed by atoms with Crippen LogP contribution in [0.15, 0.2) is 18.3 Å². The van der Waals surface area contributed by atoms with Gasteiger partial charge in [0.1, 0.15) is 0 Å². The SMILES string of the molecule is CC(C)N1CCC(Cn2cccc2C=O)C1. The summed E-state index contributed by atoms with van der Waals surface area (Å²) in [5, 5.41) is 0. The minimum atomic E-state index is 0.639. The Balaban J connectivity index is 1.94. The highest BCUT2D eigenvalue weighted by atomic mass is 16.1. The summed E-state index contributed by atoms with van der Waals surface area (Å²) in [5.74, 6) is 0.688. The second-order valence-electron chi connectivity index (χ2n) is 4.95. The number of carbonyl (C=O) groups is 1. The lowest BCUT2D eigenvalue weighted by atomic mass is 10.1. The van der Waals surface area contributed by atoms with Crippen molar-refractivity contribution in [3.63, 3.8) is 0 Å². The molecule has 0 amide bonds. The van der Waals surface area contributed by atoms with E-state index in [1.807, 2.05) is 18.3 Å². The predicted octanol–water partition coefficient (Wildman–Crippen LogP) is 2.03. The Morgan fingerprint density at radius 3 is 3.00 bits per heavy atom. The average molecular weight is 220 g/mol. The van der Waals surface area contributed by atoms with Gasteiger partial charge in [-0.1, -0.05) is 0 Å². The monoisotopic (exact) mass is 220 g/mol. The van der Waals surface area contributed by atoms with Crippen LogP contribution >= 0.6 is 0 Å². The van der Waals surface area contributed by atoms with Gasteiger partial charge in [0.25, 0.3) is 0 Å². The lowest BCUT2D eigenvalue weighted by molar-refractivity contribution is 0.111. The van der Waals surface area contributed by atoms with Gasteiger partial charge < -0.3 is 9.47 Å². The first-order chi connectivity index (χ1) is 7.70. The summed E-state index contributed by atoms with van der Waals surface area (Å²) in [7, 11) is 0. The van der Waals surface area contributed by atoms with E-state index in [-0.39, 0.29) is 0 Å². The fourth-order valence-electron chi connectivity index (χ4n) is 2.46. The van der Waals surface area contributed by atoms with Crippen molar-refractivity contribution in [2.24, 2.45) is 5.92 Å². The van der Waals surface area contributed by atoms with Crippen LogP contribution in [0.2, 0.25) is 0 Å². The quantitative estimate of drug-likeness (QED) is 0.725. The second kappa shape index (κ2) is 4.83. The molecule has 0 radical (unpaired) electrons. The van der Waals surface area contributed by atoms with Gasteiger partial charge in [0.15, 0.2) is 6.29 Å². The molecule has 1 aromatic rings. The zero-order valence-corrected chi connectivity index (χ0v) is 10.1. The van der Waals surface area contributed by atoms with Crippen LogP contribution in [-0.4, -0.2) is 34.9 Å². The van der Waals surface area contributed by atoms with Crippen LogP contribution in [0.25, 0.3) is 0 Å². The van der Waals surface area contributed by atoms with E-state index < -0.39 is 0 Å². The van der Waals surface area contributed by atoms with Crippen molar-refractivity contribution in [1.82, 2.24) is 9.47 Å². The molecule has 3 heteroatoms. The molecule has 16 heavy (non-hydrogen) atoms. The molecule has 1 unspecified atom stereocenters. The Hall–Kier alpha value is -1.09. The predicted molar refractivity (Wildman–Crippen MR) is 64.6 cm³/mol. The number of hydrogen-bond acceptors (Lipinski definition) is 2. The van der Waals surface area contributed by atoms with Crippen molar-refractivity contribution in [1.29, 1.82) is 0 Å². The summed E-state index contributed by atoms with van der Waals surface area (Å²) < 4.78 is 2.07. The summed E-state index contributed by atoms with van der Waals surface area (Å²) in [4.78, 5) is 13.3. The number of aromatic nitrogens is 1. The third kappa shape index (κ3) is 2.35. The van der Waals surface area contributed by atoms with Gasteiger partial charge >= 0.3 is 0 Å². The molecule has 1 fully saturated rings. The van der Waals surface area contributed by atoms with Gasteiger partial charge in [-0.15, -0.1) is 0 Å². The van der Waals surface area contributed by atoms with Crippen LogP contribution in [0.3, 0.4) is 0 Å². The van der Waals surface area contributed by atoms with Gasteiger partial charge in [-0.2, -0.15) is 0 Å². The van der Waals surface area contributed by atoms with E-state index in [0.717, 1.165) is 25.1 Å². The van der Waals surface area contributed by atoms with Gasteiger partial charge in [-0.05, 0) is 44.9 Å². The molecule has 3 nitrogen and oxygen atoms in total. The van der Waals surface area contributed by atoms with Crippen molar-refractivity contribution in [3.8, 4) is 0 Å². The molecule has 0 aromatic carbocycles. The Bertz CT molecular complexity index is 357. The van der Waals surface area contributed by atoms with Crippen LogP contribution in [0.4, 0.5) is 0 Å². The van der Waals surface area contributed by atoms with Crippen molar-refractivity contribution < 1.29 is 4.79 Å². The molecule has 1 aliphatic heterocycles. The first kappa shape index (κ1) is 11.4. The van der Waals surface area contributed by atoms with Gasteiger partial charge in [0, 0.05) is 25.3 Å². The minimum Gasteiger partial charge on any atom is -0.345 e. The average Bonchev–Trinajstić information content (AvgIpc) is 2.87. The molecule has 2 rings (SSSR count). The molecule has 0 saturated carbocycles. The standard InChI is InChI=1S/C13H20N2O/c1-11(2)14-7-5-12(8-14)9-15-6-3-4-13(15)10-16/h3-4,6,10-12H,5,7-9H2,1-2H3. The van der Waals surface area contributed by atoms with Crippen LogP contribution in [0.1, 0.15) is 30.8 Å². The van der Waals surface area contributed by atoms with E-state index in [1.165, 1.54) is 13.0 Å². The molecular weight excluding hydrogens is 200 g/mol. The third-order valence-corrected chi connectivity index (χ3v) is 3.49. The maximum absolute atomic E-state index is 10.8. The topological polar surface area (TPSA) is 25.2 Å². The van der Waals surface area contributed by atoms with Crippen LogP contribution < -0.4 is 0 Å². The Morgan fingerprint density at radius 2 is 2.38 bits per heavy atom. The molecule has 1 aromatic heterocycles. The highest BCUT2D eigenvalue weighted by Crippen LogP contribution is 2.20. The van der Waals surface area contributed by atoms with Crippen LogP contribution in [-0.2, 0) is 6.54 Å². The normalized spacial score (nSPS) is 21.8. The summed E-state index contributed by atoms with van der Waals surface area (Å²) in [6.07, 6.45) is 4.19. The fourth-order valence-corrected chi connectivity index (χ4v) is 2.46. The number of nitrogens with zero attached hydrogens (tertiary/aromatic N) is 2. The van der Waals surface area contributed by atoms with Gasteiger partial charge in [-0.3, -0.25) is 4.79 Å². The molecule has 1 atom stereocenters. The lowest BCUT2D eigenvalue weighted by Gasteiger charge is -2.20. The molecule has 0 aliphatic carbocycles. The number of likely N-dealkylation sites (tertiary alicyclic amines) is 1.